The number of amides is 2. The number of nitrogens with one attached hydrogen (secondary N) is 1. The lowest BCUT2D eigenvalue weighted by Gasteiger charge is -2.08. The summed E-state index contributed by atoms with van der Waals surface area (Å²) in [6.45, 7) is 2.32. The molecule has 0 fully saturated rings. The van der Waals surface area contributed by atoms with Gasteiger partial charge in [-0.1, -0.05) is 23.7 Å². The Morgan fingerprint density at radius 2 is 2.00 bits per heavy atom. The lowest BCUT2D eigenvalue weighted by molar-refractivity contribution is -0.115. The second-order valence-electron chi connectivity index (χ2n) is 8.54. The Morgan fingerprint density at radius 1 is 1.18 bits per heavy atom. The van der Waals surface area contributed by atoms with Crippen molar-refractivity contribution in [3.05, 3.63) is 39.0 Å². The van der Waals surface area contributed by atoms with Gasteiger partial charge >= 0.3 is 5.97 Å². The first-order chi connectivity index (χ1) is 18.4. The van der Waals surface area contributed by atoms with Crippen molar-refractivity contribution >= 4 is 67.4 Å². The van der Waals surface area contributed by atoms with Crippen molar-refractivity contribution in [1.29, 1.82) is 0 Å². The smallest absolute Gasteiger partial charge is 0.341 e. The van der Waals surface area contributed by atoms with Crippen molar-refractivity contribution in [3.8, 4) is 18.1 Å². The van der Waals surface area contributed by atoms with Crippen molar-refractivity contribution in [3.63, 3.8) is 0 Å². The highest BCUT2D eigenvalue weighted by Gasteiger charge is 2.26. The van der Waals surface area contributed by atoms with Crippen LogP contribution in [0.25, 0.3) is 10.2 Å². The van der Waals surface area contributed by atoms with Crippen LogP contribution in [0.3, 0.4) is 0 Å². The van der Waals surface area contributed by atoms with Crippen molar-refractivity contribution in [2.24, 2.45) is 4.99 Å². The molecule has 11 heteroatoms. The van der Waals surface area contributed by atoms with Gasteiger partial charge in [0, 0.05) is 4.88 Å². The summed E-state index contributed by atoms with van der Waals surface area (Å²) in [5.41, 5.74) is 2.36. The number of thioether (sulfide) groups is 1. The molecule has 200 valence electrons. The third-order valence-corrected chi connectivity index (χ3v) is 9.14. The molecular formula is C27H29N3O5S3. The summed E-state index contributed by atoms with van der Waals surface area (Å²) in [5, 5.41) is 3.42. The van der Waals surface area contributed by atoms with E-state index in [4.69, 9.17) is 15.9 Å². The number of ether oxygens (including phenoxy) is 2. The van der Waals surface area contributed by atoms with Crippen LogP contribution >= 0.6 is 34.4 Å². The van der Waals surface area contributed by atoms with Crippen molar-refractivity contribution in [1.82, 2.24) is 4.57 Å². The number of anilines is 1. The number of thiazole rings is 1. The van der Waals surface area contributed by atoms with Gasteiger partial charge in [0.1, 0.15) is 10.8 Å². The number of benzene rings is 1. The summed E-state index contributed by atoms with van der Waals surface area (Å²) >= 11 is 3.98. The van der Waals surface area contributed by atoms with Crippen LogP contribution in [0.2, 0.25) is 0 Å². The number of rotatable bonds is 9. The van der Waals surface area contributed by atoms with E-state index in [1.165, 1.54) is 34.4 Å². The highest BCUT2D eigenvalue weighted by molar-refractivity contribution is 8.00. The summed E-state index contributed by atoms with van der Waals surface area (Å²) in [5.74, 6) is 2.37. The molecule has 1 aromatic carbocycles. The van der Waals surface area contributed by atoms with E-state index in [-0.39, 0.29) is 36.5 Å². The van der Waals surface area contributed by atoms with Gasteiger partial charge < -0.3 is 19.4 Å². The van der Waals surface area contributed by atoms with E-state index in [0.29, 0.717) is 21.1 Å². The standard InChI is InChI=1S/C27H29N3O5S3/c1-4-13-30-19-12-11-17(34-3)14-21(19)38-27(30)29-23(32)16-36-15-22(31)28-25-24(26(33)35-5-2)18-9-7-6-8-10-20(18)37-25/h1,11-12,14H,5-10,13,15-16H2,2-3H3,(H,28,31). The Hall–Kier alpha value is -3.07. The maximum atomic E-state index is 12.7. The Bertz CT molecular complexity index is 1460. The zero-order valence-electron chi connectivity index (χ0n) is 21.3. The van der Waals surface area contributed by atoms with Crippen LogP contribution in [0, 0.1) is 12.3 Å². The molecule has 38 heavy (non-hydrogen) atoms. The maximum absolute atomic E-state index is 12.7. The number of nitrogens with zero attached hydrogens (tertiary/aromatic N) is 2. The molecule has 2 aromatic heterocycles. The summed E-state index contributed by atoms with van der Waals surface area (Å²) in [6, 6.07) is 5.60. The first kappa shape index (κ1) is 28.0. The van der Waals surface area contributed by atoms with E-state index in [1.807, 2.05) is 22.8 Å². The second kappa shape index (κ2) is 13.1. The van der Waals surface area contributed by atoms with Gasteiger partial charge in [-0.05, 0) is 56.4 Å². The van der Waals surface area contributed by atoms with E-state index >= 15 is 0 Å². The van der Waals surface area contributed by atoms with Crippen LogP contribution in [0.15, 0.2) is 23.2 Å². The fourth-order valence-electron chi connectivity index (χ4n) is 4.29. The predicted molar refractivity (Wildman–Crippen MR) is 153 cm³/mol. The molecule has 2 amide bonds. The highest BCUT2D eigenvalue weighted by Crippen LogP contribution is 2.38. The third-order valence-electron chi connectivity index (χ3n) is 5.97. The van der Waals surface area contributed by atoms with Crippen LogP contribution < -0.4 is 14.9 Å². The molecule has 4 rings (SSSR count). The van der Waals surface area contributed by atoms with Crippen LogP contribution in [-0.2, 0) is 33.7 Å². The number of carbonyl (C=O) groups is 3. The molecule has 1 aliphatic rings. The molecule has 0 atom stereocenters. The van der Waals surface area contributed by atoms with Gasteiger partial charge in [0.2, 0.25) is 5.91 Å². The molecule has 0 saturated carbocycles. The van der Waals surface area contributed by atoms with Crippen molar-refractivity contribution in [2.45, 2.75) is 45.6 Å². The van der Waals surface area contributed by atoms with Gasteiger partial charge in [-0.2, -0.15) is 4.99 Å². The monoisotopic (exact) mass is 571 g/mol. The number of methoxy groups -OCH3 is 1. The number of carbonyl (C=O) groups excluding carboxylic acids is 3. The quantitative estimate of drug-likeness (QED) is 0.228. The molecule has 8 nitrogen and oxygen atoms in total. The Morgan fingerprint density at radius 3 is 2.76 bits per heavy atom. The average Bonchev–Trinajstić information content (AvgIpc) is 3.30. The minimum absolute atomic E-state index is 0.0344. The lowest BCUT2D eigenvalue weighted by atomic mass is 10.1. The molecule has 0 aliphatic heterocycles. The van der Waals surface area contributed by atoms with Gasteiger partial charge in [0.25, 0.3) is 5.91 Å². The minimum Gasteiger partial charge on any atom is -0.497 e. The number of terminal acetylenes is 1. The molecular weight excluding hydrogens is 543 g/mol. The highest BCUT2D eigenvalue weighted by atomic mass is 32.2. The van der Waals surface area contributed by atoms with Crippen LogP contribution in [-0.4, -0.2) is 47.6 Å². The van der Waals surface area contributed by atoms with E-state index in [1.54, 1.807) is 14.0 Å². The normalized spacial score (nSPS) is 13.4. The summed E-state index contributed by atoms with van der Waals surface area (Å²) < 4.78 is 13.3. The van der Waals surface area contributed by atoms with Crippen LogP contribution in [0.4, 0.5) is 5.00 Å². The summed E-state index contributed by atoms with van der Waals surface area (Å²) in [6.07, 6.45) is 10.5. The second-order valence-corrected chi connectivity index (χ2v) is 11.6. The SMILES string of the molecule is C#CCn1c(=NC(=O)CSCC(=O)Nc2sc3c(c2C(=O)OCC)CCCCC3)sc2cc(OC)ccc21. The van der Waals surface area contributed by atoms with Crippen LogP contribution in [0.1, 0.15) is 47.0 Å². The number of esters is 1. The van der Waals surface area contributed by atoms with Gasteiger partial charge in [0.15, 0.2) is 4.80 Å². The number of thiophene rings is 1. The molecule has 1 N–H and O–H groups in total. The molecule has 0 unspecified atom stereocenters. The van der Waals surface area contributed by atoms with E-state index in [9.17, 15) is 14.4 Å². The maximum Gasteiger partial charge on any atom is 0.341 e. The predicted octanol–water partition coefficient (Wildman–Crippen LogP) is 4.65. The molecule has 1 aliphatic carbocycles. The van der Waals surface area contributed by atoms with Gasteiger partial charge in [0.05, 0.1) is 47.5 Å². The molecule has 0 bridgehead atoms. The number of hydrogen-bond acceptors (Lipinski definition) is 8. The minimum atomic E-state index is -0.398. The number of hydrogen-bond donors (Lipinski definition) is 1. The van der Waals surface area contributed by atoms with Gasteiger partial charge in [-0.25, -0.2) is 4.79 Å². The van der Waals surface area contributed by atoms with E-state index in [2.05, 4.69) is 16.2 Å². The first-order valence-electron chi connectivity index (χ1n) is 12.3. The van der Waals surface area contributed by atoms with Crippen molar-refractivity contribution in [2.75, 3.05) is 30.5 Å². The van der Waals surface area contributed by atoms with E-state index < -0.39 is 5.97 Å². The molecule has 2 heterocycles. The Balaban J connectivity index is 1.42. The largest absolute Gasteiger partial charge is 0.497 e. The Labute approximate surface area is 233 Å². The van der Waals surface area contributed by atoms with Crippen molar-refractivity contribution < 1.29 is 23.9 Å². The lowest BCUT2D eigenvalue weighted by Crippen LogP contribution is -2.19. The molecule has 0 spiro atoms. The number of aryl methyl sites for hydroxylation is 1. The zero-order valence-corrected chi connectivity index (χ0v) is 23.8. The van der Waals surface area contributed by atoms with E-state index in [0.717, 1.165) is 52.8 Å². The molecule has 0 radical (unpaired) electrons. The fraction of sp³-hybridized carbons (Fsp3) is 0.407. The third kappa shape index (κ3) is 6.49. The molecule has 0 saturated heterocycles. The van der Waals surface area contributed by atoms with Gasteiger partial charge in [-0.3, -0.25) is 9.59 Å². The average molecular weight is 572 g/mol. The first-order valence-corrected chi connectivity index (χ1v) is 15.1. The molecule has 3 aromatic rings. The number of aromatic nitrogens is 1. The van der Waals surface area contributed by atoms with Crippen LogP contribution in [0.5, 0.6) is 5.75 Å². The summed E-state index contributed by atoms with van der Waals surface area (Å²) in [4.78, 5) is 43.9. The Kier molecular flexibility index (Phi) is 9.66. The fourth-order valence-corrected chi connectivity index (χ4v) is 7.26. The topological polar surface area (TPSA) is 99.0 Å². The zero-order chi connectivity index (χ0) is 27.1. The van der Waals surface area contributed by atoms with Gasteiger partial charge in [-0.15, -0.1) is 29.5 Å². The summed E-state index contributed by atoms with van der Waals surface area (Å²) in [7, 11) is 1.60. The number of fused-ring (bicyclic) bond motifs is 2.